The van der Waals surface area contributed by atoms with Crippen molar-refractivity contribution >= 4 is 114 Å². The normalized spacial score (nSPS) is 12.2. The Morgan fingerprint density at radius 1 is 0.250 bits per heavy atom. The first-order chi connectivity index (χ1) is 35.6. The summed E-state index contributed by atoms with van der Waals surface area (Å²) in [6.07, 6.45) is 0. The van der Waals surface area contributed by atoms with Gasteiger partial charge in [-0.1, -0.05) is 255 Å². The van der Waals surface area contributed by atoms with Gasteiger partial charge in [0.2, 0.25) is 0 Å². The van der Waals surface area contributed by atoms with Crippen molar-refractivity contribution in [3.63, 3.8) is 0 Å². The Labute approximate surface area is 424 Å². The van der Waals surface area contributed by atoms with Gasteiger partial charge in [0.05, 0.1) is 22.8 Å². The second-order valence-corrected chi connectivity index (χ2v) is 22.5. The molecule has 2 nitrogen and oxygen atoms in total. The van der Waals surface area contributed by atoms with Crippen molar-refractivity contribution in [2.75, 3.05) is 0 Å². The Balaban J connectivity index is 1.08. The lowest BCUT2D eigenvalue weighted by Gasteiger charge is -2.25. The SMILES string of the molecule is CC(=Nc1ccc2ccccc2c1-c1c(P(c2ccccc2)c2ccccc2)ccc2ccccc12)C(C)=Nc1ccc2ccccc2c1-c1c(P(c2ccccc2)c2ccccc2)ccc2ccccc12. The van der Waals surface area contributed by atoms with Gasteiger partial charge in [0.25, 0.3) is 0 Å². The minimum Gasteiger partial charge on any atom is -0.251 e. The van der Waals surface area contributed by atoms with E-state index in [-0.39, 0.29) is 0 Å². The molecule has 342 valence electrons. The van der Waals surface area contributed by atoms with Crippen LogP contribution in [0.25, 0.3) is 65.3 Å². The van der Waals surface area contributed by atoms with Crippen LogP contribution in [0.5, 0.6) is 0 Å². The zero-order chi connectivity index (χ0) is 48.4. The summed E-state index contributed by atoms with van der Waals surface area (Å²) in [5, 5.41) is 17.3. The maximum Gasteiger partial charge on any atom is 0.0718 e. The van der Waals surface area contributed by atoms with Gasteiger partial charge < -0.3 is 0 Å². The van der Waals surface area contributed by atoms with Gasteiger partial charge in [0.1, 0.15) is 0 Å². The van der Waals surface area contributed by atoms with Crippen LogP contribution in [0.2, 0.25) is 0 Å². The quantitative estimate of drug-likeness (QED) is 0.0912. The minimum absolute atomic E-state index is 0.856. The number of hydrogen-bond donors (Lipinski definition) is 0. The fraction of sp³-hybridized carbons (Fsp3) is 0.0294. The Bertz CT molecular complexity index is 3660. The summed E-state index contributed by atoms with van der Waals surface area (Å²) < 4.78 is 0. The van der Waals surface area contributed by atoms with Crippen molar-refractivity contribution in [3.05, 3.63) is 267 Å². The standard InChI is InChI=1S/C68H50N2P2/c1-47(69-61-43-39-49-23-15-19-35-57(49)65(61)67-59-37-21-17-25-51(59)41-45-63(67)71(53-27-7-3-8-28-53)54-29-9-4-10-30-54)48(2)70-62-44-40-50-24-16-20-36-58(50)66(62)68-60-38-22-18-26-52(60)42-46-64(68)72(55-31-11-5-12-32-55)56-33-13-6-14-34-56/h3-46H,1-2H3. The third-order valence-electron chi connectivity index (χ3n) is 13.8. The second kappa shape index (κ2) is 19.9. The summed E-state index contributed by atoms with van der Waals surface area (Å²) >= 11 is 0. The van der Waals surface area contributed by atoms with Crippen LogP contribution >= 0.6 is 15.8 Å². The van der Waals surface area contributed by atoms with Crippen molar-refractivity contribution in [1.82, 2.24) is 0 Å². The number of benzene rings is 12. The molecular weight excluding hydrogens is 907 g/mol. The molecular formula is C68H50N2P2. The van der Waals surface area contributed by atoms with E-state index < -0.39 is 15.8 Å². The molecule has 0 N–H and O–H groups in total. The van der Waals surface area contributed by atoms with E-state index in [2.05, 4.69) is 281 Å². The van der Waals surface area contributed by atoms with Crippen LogP contribution in [-0.4, -0.2) is 11.4 Å². The van der Waals surface area contributed by atoms with Crippen LogP contribution in [0.3, 0.4) is 0 Å². The highest BCUT2D eigenvalue weighted by atomic mass is 31.1. The first kappa shape index (κ1) is 45.0. The van der Waals surface area contributed by atoms with Gasteiger partial charge in [-0.15, -0.1) is 0 Å². The predicted octanol–water partition coefficient (Wildman–Crippen LogP) is 16.0. The van der Waals surface area contributed by atoms with E-state index in [1.165, 1.54) is 86.0 Å². The highest BCUT2D eigenvalue weighted by Crippen LogP contribution is 2.48. The third-order valence-corrected chi connectivity index (χ3v) is 18.7. The largest absolute Gasteiger partial charge is 0.251 e. The van der Waals surface area contributed by atoms with Crippen LogP contribution in [0.1, 0.15) is 13.8 Å². The molecule has 4 heteroatoms. The summed E-state index contributed by atoms with van der Waals surface area (Å²) in [7, 11) is -1.92. The predicted molar refractivity (Wildman–Crippen MR) is 317 cm³/mol. The molecule has 0 aliphatic heterocycles. The molecule has 0 fully saturated rings. The van der Waals surface area contributed by atoms with Crippen molar-refractivity contribution in [1.29, 1.82) is 0 Å². The summed E-state index contributed by atoms with van der Waals surface area (Å²) in [6.45, 7) is 4.24. The van der Waals surface area contributed by atoms with Crippen molar-refractivity contribution < 1.29 is 0 Å². The van der Waals surface area contributed by atoms with E-state index in [0.717, 1.165) is 33.9 Å². The first-order valence-electron chi connectivity index (χ1n) is 24.6. The number of aliphatic imine (C=N–C) groups is 2. The minimum atomic E-state index is -0.960. The number of fused-ring (bicyclic) bond motifs is 4. The molecule has 0 spiro atoms. The molecule has 12 aromatic carbocycles. The number of hydrogen-bond acceptors (Lipinski definition) is 2. The maximum absolute atomic E-state index is 5.67. The fourth-order valence-corrected chi connectivity index (χ4v) is 15.3. The first-order valence-corrected chi connectivity index (χ1v) is 27.3. The highest BCUT2D eigenvalue weighted by molar-refractivity contribution is 7.80. The molecule has 0 amide bonds. The van der Waals surface area contributed by atoms with E-state index in [4.69, 9.17) is 9.98 Å². The zero-order valence-electron chi connectivity index (χ0n) is 40.2. The topological polar surface area (TPSA) is 24.7 Å². The lowest BCUT2D eigenvalue weighted by Crippen LogP contribution is -2.22. The molecule has 12 rings (SSSR count). The molecule has 0 aliphatic carbocycles. The molecule has 0 atom stereocenters. The van der Waals surface area contributed by atoms with Crippen molar-refractivity contribution in [2.45, 2.75) is 13.8 Å². The van der Waals surface area contributed by atoms with Gasteiger partial charge in [-0.25, -0.2) is 0 Å². The van der Waals surface area contributed by atoms with Crippen molar-refractivity contribution in [2.24, 2.45) is 9.98 Å². The molecule has 0 aromatic heterocycles. The third kappa shape index (κ3) is 8.54. The average molecular weight is 957 g/mol. The van der Waals surface area contributed by atoms with Gasteiger partial charge in [-0.05, 0) is 117 Å². The monoisotopic (exact) mass is 956 g/mol. The van der Waals surface area contributed by atoms with E-state index in [0.29, 0.717) is 0 Å². The molecule has 0 bridgehead atoms. The van der Waals surface area contributed by atoms with Gasteiger partial charge in [0, 0.05) is 22.3 Å². The van der Waals surface area contributed by atoms with E-state index in [1.54, 1.807) is 0 Å². The molecule has 0 unspecified atom stereocenters. The van der Waals surface area contributed by atoms with Crippen LogP contribution in [0.15, 0.2) is 277 Å². The van der Waals surface area contributed by atoms with E-state index in [9.17, 15) is 0 Å². The molecule has 72 heavy (non-hydrogen) atoms. The Kier molecular flexibility index (Phi) is 12.5. The summed E-state index contributed by atoms with van der Waals surface area (Å²) in [5.74, 6) is 0. The van der Waals surface area contributed by atoms with Crippen LogP contribution in [-0.2, 0) is 0 Å². The number of nitrogens with zero attached hydrogens (tertiary/aromatic N) is 2. The van der Waals surface area contributed by atoms with Crippen LogP contribution in [0.4, 0.5) is 11.4 Å². The van der Waals surface area contributed by atoms with Gasteiger partial charge >= 0.3 is 0 Å². The lowest BCUT2D eigenvalue weighted by atomic mass is 9.92. The summed E-state index contributed by atoms with van der Waals surface area (Å²) in [4.78, 5) is 11.3. The summed E-state index contributed by atoms with van der Waals surface area (Å²) in [5.41, 5.74) is 8.25. The molecule has 0 heterocycles. The maximum atomic E-state index is 5.67. The highest BCUT2D eigenvalue weighted by Gasteiger charge is 2.27. The summed E-state index contributed by atoms with van der Waals surface area (Å²) in [6, 6.07) is 97.6. The van der Waals surface area contributed by atoms with Gasteiger partial charge in [-0.2, -0.15) is 0 Å². The zero-order valence-corrected chi connectivity index (χ0v) is 42.0. The van der Waals surface area contributed by atoms with Gasteiger partial charge in [-0.3, -0.25) is 9.98 Å². The van der Waals surface area contributed by atoms with E-state index >= 15 is 0 Å². The van der Waals surface area contributed by atoms with Crippen LogP contribution in [0, 0.1) is 0 Å². The Hall–Kier alpha value is -8.12. The van der Waals surface area contributed by atoms with Crippen molar-refractivity contribution in [3.8, 4) is 22.3 Å². The van der Waals surface area contributed by atoms with Crippen LogP contribution < -0.4 is 31.8 Å². The second-order valence-electron chi connectivity index (χ2n) is 18.1. The Morgan fingerprint density at radius 2 is 0.500 bits per heavy atom. The molecule has 0 aliphatic rings. The van der Waals surface area contributed by atoms with Gasteiger partial charge in [0.15, 0.2) is 0 Å². The smallest absolute Gasteiger partial charge is 0.0718 e. The molecule has 0 saturated carbocycles. The molecule has 12 aromatic rings. The lowest BCUT2D eigenvalue weighted by molar-refractivity contribution is 1.49. The number of rotatable bonds is 11. The van der Waals surface area contributed by atoms with E-state index in [1.807, 2.05) is 0 Å². The molecule has 0 radical (unpaired) electrons. The average Bonchev–Trinajstić information content (AvgIpc) is 3.44. The Morgan fingerprint density at radius 3 is 0.806 bits per heavy atom. The molecule has 0 saturated heterocycles. The fourth-order valence-electron chi connectivity index (χ4n) is 10.3.